The van der Waals surface area contributed by atoms with Crippen LogP contribution in [0.25, 0.3) is 22.4 Å². The number of hydrogen-bond donors (Lipinski definition) is 1. The van der Waals surface area contributed by atoms with Crippen LogP contribution in [0.3, 0.4) is 0 Å². The van der Waals surface area contributed by atoms with Gasteiger partial charge in [0, 0.05) is 10.0 Å². The van der Waals surface area contributed by atoms with Crippen LogP contribution in [0.4, 0.5) is 0 Å². The Hall–Kier alpha value is -1.81. The molecule has 0 radical (unpaired) electrons. The number of aromatic nitrogens is 2. The molecule has 0 spiro atoms. The average Bonchev–Trinajstić information content (AvgIpc) is 2.90. The summed E-state index contributed by atoms with van der Waals surface area (Å²) in [7, 11) is 1.67. The number of halogens is 1. The van der Waals surface area contributed by atoms with Crippen LogP contribution in [-0.4, -0.2) is 17.1 Å². The molecule has 102 valence electrons. The zero-order valence-electron chi connectivity index (χ0n) is 11.4. The zero-order chi connectivity index (χ0) is 14.1. The number of nitrogens with zero attached hydrogens (tertiary/aromatic N) is 1. The summed E-state index contributed by atoms with van der Waals surface area (Å²) in [6.45, 7) is 2.15. The normalized spacial score (nSPS) is 10.9. The van der Waals surface area contributed by atoms with E-state index < -0.39 is 0 Å². The number of ether oxygens (including phenoxy) is 1. The molecular formula is C16H15BrN2O. The first-order chi connectivity index (χ1) is 9.71. The molecule has 0 aliphatic carbocycles. The predicted molar refractivity (Wildman–Crippen MR) is 85.2 cm³/mol. The molecule has 0 amide bonds. The lowest BCUT2D eigenvalue weighted by Crippen LogP contribution is -1.86. The van der Waals surface area contributed by atoms with Crippen molar-refractivity contribution in [1.82, 2.24) is 9.97 Å². The van der Waals surface area contributed by atoms with Gasteiger partial charge >= 0.3 is 0 Å². The van der Waals surface area contributed by atoms with Crippen LogP contribution in [0.15, 0.2) is 40.9 Å². The van der Waals surface area contributed by atoms with E-state index in [1.54, 1.807) is 7.11 Å². The first-order valence-electron chi connectivity index (χ1n) is 6.54. The van der Waals surface area contributed by atoms with Crippen molar-refractivity contribution in [3.05, 3.63) is 46.4 Å². The van der Waals surface area contributed by atoms with Gasteiger partial charge in [0.05, 0.1) is 18.1 Å². The van der Waals surface area contributed by atoms with Crippen LogP contribution in [0.2, 0.25) is 0 Å². The van der Waals surface area contributed by atoms with Gasteiger partial charge < -0.3 is 9.72 Å². The van der Waals surface area contributed by atoms with E-state index in [4.69, 9.17) is 4.74 Å². The molecule has 0 saturated carbocycles. The standard InChI is InChI=1S/C16H15BrN2O/c1-3-10-4-7-14-15(8-10)19-16(18-14)12-9-11(20-2)5-6-13(12)17/h4-9H,3H2,1-2H3,(H,18,19). The van der Waals surface area contributed by atoms with E-state index >= 15 is 0 Å². The van der Waals surface area contributed by atoms with E-state index in [2.05, 4.69) is 51.0 Å². The van der Waals surface area contributed by atoms with Crippen LogP contribution >= 0.6 is 15.9 Å². The first kappa shape index (κ1) is 13.2. The molecule has 1 aromatic heterocycles. The van der Waals surface area contributed by atoms with Crippen LogP contribution < -0.4 is 4.74 Å². The van der Waals surface area contributed by atoms with Gasteiger partial charge in [-0.3, -0.25) is 0 Å². The molecule has 3 rings (SSSR count). The van der Waals surface area contributed by atoms with Crippen molar-refractivity contribution in [2.24, 2.45) is 0 Å². The predicted octanol–water partition coefficient (Wildman–Crippen LogP) is 4.56. The molecule has 3 nitrogen and oxygen atoms in total. The Labute approximate surface area is 126 Å². The van der Waals surface area contributed by atoms with Crippen LogP contribution in [0, 0.1) is 0 Å². The lowest BCUT2D eigenvalue weighted by atomic mass is 10.1. The maximum Gasteiger partial charge on any atom is 0.139 e. The Morgan fingerprint density at radius 3 is 2.80 bits per heavy atom. The SMILES string of the molecule is CCc1ccc2nc(-c3cc(OC)ccc3Br)[nH]c2c1. The van der Waals surface area contributed by atoms with Crippen molar-refractivity contribution in [3.63, 3.8) is 0 Å². The summed E-state index contributed by atoms with van der Waals surface area (Å²) in [5, 5.41) is 0. The molecule has 4 heteroatoms. The Balaban J connectivity index is 2.14. The second-order valence-electron chi connectivity index (χ2n) is 4.64. The summed E-state index contributed by atoms with van der Waals surface area (Å²) >= 11 is 3.57. The summed E-state index contributed by atoms with van der Waals surface area (Å²) in [6.07, 6.45) is 1.02. The largest absolute Gasteiger partial charge is 0.497 e. The van der Waals surface area contributed by atoms with Crippen LogP contribution in [-0.2, 0) is 6.42 Å². The molecule has 1 heterocycles. The van der Waals surface area contributed by atoms with Gasteiger partial charge in [-0.05, 0) is 42.3 Å². The lowest BCUT2D eigenvalue weighted by Gasteiger charge is -2.04. The minimum absolute atomic E-state index is 0.818. The highest BCUT2D eigenvalue weighted by molar-refractivity contribution is 9.10. The summed E-state index contributed by atoms with van der Waals surface area (Å²) < 4.78 is 6.27. The van der Waals surface area contributed by atoms with Gasteiger partial charge in [-0.2, -0.15) is 0 Å². The smallest absolute Gasteiger partial charge is 0.139 e. The molecular weight excluding hydrogens is 316 g/mol. The van der Waals surface area contributed by atoms with Crippen molar-refractivity contribution in [3.8, 4) is 17.1 Å². The number of fused-ring (bicyclic) bond motifs is 1. The Morgan fingerprint density at radius 1 is 1.20 bits per heavy atom. The third kappa shape index (κ3) is 2.31. The number of benzene rings is 2. The lowest BCUT2D eigenvalue weighted by molar-refractivity contribution is 0.415. The van der Waals surface area contributed by atoms with Gasteiger partial charge in [-0.25, -0.2) is 4.98 Å². The molecule has 0 atom stereocenters. The van der Waals surface area contributed by atoms with Crippen molar-refractivity contribution >= 4 is 27.0 Å². The quantitative estimate of drug-likeness (QED) is 0.764. The molecule has 0 aliphatic rings. The summed E-state index contributed by atoms with van der Waals surface area (Å²) in [5.41, 5.74) is 4.34. The molecule has 0 saturated heterocycles. The molecule has 1 N–H and O–H groups in total. The van der Waals surface area contributed by atoms with E-state index in [0.29, 0.717) is 0 Å². The number of rotatable bonds is 3. The third-order valence-electron chi connectivity index (χ3n) is 3.38. The van der Waals surface area contributed by atoms with Crippen LogP contribution in [0.5, 0.6) is 5.75 Å². The van der Waals surface area contributed by atoms with E-state index in [0.717, 1.165) is 39.1 Å². The number of aromatic amines is 1. The fraction of sp³-hybridized carbons (Fsp3) is 0.188. The van der Waals surface area contributed by atoms with Gasteiger partial charge in [-0.1, -0.05) is 28.9 Å². The Morgan fingerprint density at radius 2 is 2.05 bits per heavy atom. The number of hydrogen-bond acceptors (Lipinski definition) is 2. The average molecular weight is 331 g/mol. The second-order valence-corrected chi connectivity index (χ2v) is 5.49. The maximum atomic E-state index is 5.28. The minimum atomic E-state index is 0.818. The fourth-order valence-electron chi connectivity index (χ4n) is 2.22. The monoisotopic (exact) mass is 330 g/mol. The molecule has 0 aliphatic heterocycles. The third-order valence-corrected chi connectivity index (χ3v) is 4.07. The number of nitrogens with one attached hydrogen (secondary N) is 1. The number of H-pyrrole nitrogens is 1. The highest BCUT2D eigenvalue weighted by Gasteiger charge is 2.10. The fourth-order valence-corrected chi connectivity index (χ4v) is 2.65. The zero-order valence-corrected chi connectivity index (χ0v) is 13.0. The number of imidazole rings is 1. The molecule has 0 bridgehead atoms. The number of methoxy groups -OCH3 is 1. The summed E-state index contributed by atoms with van der Waals surface area (Å²) in [4.78, 5) is 8.04. The topological polar surface area (TPSA) is 37.9 Å². The highest BCUT2D eigenvalue weighted by Crippen LogP contribution is 2.31. The molecule has 0 fully saturated rings. The maximum absolute atomic E-state index is 5.28. The van der Waals surface area contributed by atoms with Crippen molar-refractivity contribution in [2.45, 2.75) is 13.3 Å². The summed E-state index contributed by atoms with van der Waals surface area (Å²) in [5.74, 6) is 1.66. The molecule has 3 aromatic rings. The van der Waals surface area contributed by atoms with Gasteiger partial charge in [0.25, 0.3) is 0 Å². The van der Waals surface area contributed by atoms with E-state index in [1.165, 1.54) is 5.56 Å². The molecule has 20 heavy (non-hydrogen) atoms. The summed E-state index contributed by atoms with van der Waals surface area (Å²) in [6, 6.07) is 12.2. The van der Waals surface area contributed by atoms with Crippen molar-refractivity contribution in [1.29, 1.82) is 0 Å². The molecule has 0 unspecified atom stereocenters. The second kappa shape index (κ2) is 5.29. The first-order valence-corrected chi connectivity index (χ1v) is 7.33. The van der Waals surface area contributed by atoms with E-state index in [1.807, 2.05) is 18.2 Å². The Bertz CT molecular complexity index is 764. The van der Waals surface area contributed by atoms with E-state index in [9.17, 15) is 0 Å². The van der Waals surface area contributed by atoms with Gasteiger partial charge in [-0.15, -0.1) is 0 Å². The highest BCUT2D eigenvalue weighted by atomic mass is 79.9. The molecule has 2 aromatic carbocycles. The van der Waals surface area contributed by atoms with Crippen molar-refractivity contribution < 1.29 is 4.74 Å². The van der Waals surface area contributed by atoms with Gasteiger partial charge in [0.2, 0.25) is 0 Å². The van der Waals surface area contributed by atoms with E-state index in [-0.39, 0.29) is 0 Å². The Kier molecular flexibility index (Phi) is 3.49. The minimum Gasteiger partial charge on any atom is -0.497 e. The van der Waals surface area contributed by atoms with Crippen LogP contribution in [0.1, 0.15) is 12.5 Å². The van der Waals surface area contributed by atoms with Gasteiger partial charge in [0.1, 0.15) is 11.6 Å². The van der Waals surface area contributed by atoms with Gasteiger partial charge in [0.15, 0.2) is 0 Å². The number of aryl methyl sites for hydroxylation is 1. The van der Waals surface area contributed by atoms with Crippen molar-refractivity contribution in [2.75, 3.05) is 7.11 Å².